The summed E-state index contributed by atoms with van der Waals surface area (Å²) in [4.78, 5) is 14.3. The van der Waals surface area contributed by atoms with Crippen LogP contribution in [0.3, 0.4) is 0 Å². The predicted octanol–water partition coefficient (Wildman–Crippen LogP) is 2.43. The van der Waals surface area contributed by atoms with Crippen LogP contribution in [0.1, 0.15) is 31.9 Å². The minimum Gasteiger partial charge on any atom is -0.297 e. The van der Waals surface area contributed by atoms with Crippen LogP contribution in [0, 0.1) is 0 Å². The molecule has 0 aliphatic heterocycles. The van der Waals surface area contributed by atoms with Gasteiger partial charge in [-0.25, -0.2) is 8.42 Å². The summed E-state index contributed by atoms with van der Waals surface area (Å²) in [7, 11) is -3.10. The van der Waals surface area contributed by atoms with E-state index in [-0.39, 0.29) is 11.2 Å². The smallest absolute Gasteiger partial charge is 0.161 e. The predicted molar refractivity (Wildman–Crippen MR) is 77.9 cm³/mol. The van der Waals surface area contributed by atoms with Crippen molar-refractivity contribution in [3.05, 3.63) is 29.3 Å². The number of nitrogens with zero attached hydrogens (tertiary/aromatic N) is 1. The molecule has 1 aromatic rings. The molecule has 1 aromatic carbocycles. The lowest BCUT2D eigenvalue weighted by atomic mass is 9.86. The second kappa shape index (κ2) is 5.65. The van der Waals surface area contributed by atoms with Gasteiger partial charge in [0.2, 0.25) is 0 Å². The minimum atomic E-state index is -3.10. The van der Waals surface area contributed by atoms with Gasteiger partial charge in [0.05, 0.1) is 17.7 Å². The summed E-state index contributed by atoms with van der Waals surface area (Å²) in [5.74, 6) is -0.0273. The van der Waals surface area contributed by atoms with Crippen molar-refractivity contribution in [1.29, 1.82) is 0 Å². The number of rotatable bonds is 4. The first-order valence-corrected chi connectivity index (χ1v) is 7.98. The third-order valence-electron chi connectivity index (χ3n) is 2.56. The van der Waals surface area contributed by atoms with E-state index >= 15 is 0 Å². The average molecular weight is 281 g/mol. The Bertz CT molecular complexity index is 596. The van der Waals surface area contributed by atoms with Gasteiger partial charge in [-0.2, -0.15) is 0 Å². The zero-order valence-corrected chi connectivity index (χ0v) is 12.5. The Hall–Kier alpha value is -1.49. The molecule has 0 saturated carbocycles. The van der Waals surface area contributed by atoms with Crippen molar-refractivity contribution >= 4 is 28.0 Å². The van der Waals surface area contributed by atoms with E-state index in [4.69, 9.17) is 0 Å². The molecule has 0 N–H and O–H groups in total. The molecular formula is C14H19NO3S. The molecule has 0 aliphatic carbocycles. The van der Waals surface area contributed by atoms with Crippen molar-refractivity contribution in [3.63, 3.8) is 0 Å². The normalized spacial score (nSPS) is 12.8. The van der Waals surface area contributed by atoms with Crippen LogP contribution in [0.15, 0.2) is 23.2 Å². The Balaban J connectivity index is 3.31. The summed E-state index contributed by atoms with van der Waals surface area (Å²) in [6, 6.07) is 5.43. The number of carbonyl (C=O) groups excluding carboxylic acids is 1. The van der Waals surface area contributed by atoms with Crippen LogP contribution in [0.4, 0.5) is 5.69 Å². The molecule has 0 amide bonds. The highest BCUT2D eigenvalue weighted by Crippen LogP contribution is 2.28. The molecule has 0 fully saturated rings. The SMILES string of the molecule is CC(C)(C)c1cc(CS(C)(=O)=O)cc(N=CC=O)c1. The van der Waals surface area contributed by atoms with Crippen LogP contribution in [0.2, 0.25) is 0 Å². The molecule has 0 unspecified atom stereocenters. The molecule has 1 rings (SSSR count). The molecule has 0 spiro atoms. The fourth-order valence-electron chi connectivity index (χ4n) is 1.68. The van der Waals surface area contributed by atoms with Crippen molar-refractivity contribution in [2.24, 2.45) is 4.99 Å². The third-order valence-corrected chi connectivity index (χ3v) is 3.41. The quantitative estimate of drug-likeness (QED) is 0.629. The zero-order valence-electron chi connectivity index (χ0n) is 11.7. The molecule has 4 nitrogen and oxygen atoms in total. The maximum absolute atomic E-state index is 11.4. The molecule has 0 bridgehead atoms. The molecule has 19 heavy (non-hydrogen) atoms. The molecule has 0 saturated heterocycles. The first-order chi connectivity index (χ1) is 8.62. The lowest BCUT2D eigenvalue weighted by Crippen LogP contribution is -2.12. The van der Waals surface area contributed by atoms with E-state index < -0.39 is 9.84 Å². The van der Waals surface area contributed by atoms with Gasteiger partial charge in [0.15, 0.2) is 16.1 Å². The Morgan fingerprint density at radius 2 is 1.84 bits per heavy atom. The number of aliphatic imine (C=N–C) groups is 1. The minimum absolute atomic E-state index is 0.0273. The van der Waals surface area contributed by atoms with E-state index in [2.05, 4.69) is 4.99 Å². The standard InChI is InChI=1S/C14H19NO3S/c1-14(2,3)12-7-11(10-19(4,17)18)8-13(9-12)15-5-6-16/h5-9H,10H2,1-4H3. The molecule has 5 heteroatoms. The maximum Gasteiger partial charge on any atom is 0.161 e. The number of benzene rings is 1. The molecule has 0 atom stereocenters. The maximum atomic E-state index is 11.4. The van der Waals surface area contributed by atoms with Crippen molar-refractivity contribution in [1.82, 2.24) is 0 Å². The Kier molecular flexibility index (Phi) is 4.63. The number of hydrogen-bond acceptors (Lipinski definition) is 4. The van der Waals surface area contributed by atoms with Crippen LogP contribution >= 0.6 is 0 Å². The van der Waals surface area contributed by atoms with Gasteiger partial charge in [0.25, 0.3) is 0 Å². The fraction of sp³-hybridized carbons (Fsp3) is 0.429. The van der Waals surface area contributed by atoms with Crippen molar-refractivity contribution < 1.29 is 13.2 Å². The second-order valence-corrected chi connectivity index (χ2v) is 7.76. The number of hydrogen-bond donors (Lipinski definition) is 0. The topological polar surface area (TPSA) is 63.6 Å². The van der Waals surface area contributed by atoms with E-state index in [0.717, 1.165) is 11.8 Å². The highest BCUT2D eigenvalue weighted by atomic mass is 32.2. The first kappa shape index (κ1) is 15.6. The lowest BCUT2D eigenvalue weighted by Gasteiger charge is -2.20. The summed E-state index contributed by atoms with van der Waals surface area (Å²) in [5.41, 5.74) is 2.16. The van der Waals surface area contributed by atoms with Crippen LogP contribution < -0.4 is 0 Å². The number of sulfone groups is 1. The molecule has 104 valence electrons. The van der Waals surface area contributed by atoms with Crippen molar-refractivity contribution in [2.75, 3.05) is 6.26 Å². The number of aldehydes is 1. The Labute approximate surface area is 114 Å². The van der Waals surface area contributed by atoms with Crippen LogP contribution in [-0.2, 0) is 25.8 Å². The lowest BCUT2D eigenvalue weighted by molar-refractivity contribution is -0.102. The van der Waals surface area contributed by atoms with Gasteiger partial charge in [-0.15, -0.1) is 0 Å². The van der Waals surface area contributed by atoms with Crippen LogP contribution in [-0.4, -0.2) is 27.2 Å². The van der Waals surface area contributed by atoms with Crippen LogP contribution in [0.5, 0.6) is 0 Å². The molecule has 0 radical (unpaired) electrons. The Morgan fingerprint density at radius 3 is 2.32 bits per heavy atom. The van der Waals surface area contributed by atoms with Gasteiger partial charge in [0, 0.05) is 6.26 Å². The number of carbonyl (C=O) groups is 1. The first-order valence-electron chi connectivity index (χ1n) is 5.92. The van der Waals surface area contributed by atoms with E-state index in [9.17, 15) is 13.2 Å². The Morgan fingerprint density at radius 1 is 1.21 bits per heavy atom. The van der Waals surface area contributed by atoms with Gasteiger partial charge in [0.1, 0.15) is 0 Å². The van der Waals surface area contributed by atoms with Crippen LogP contribution in [0.25, 0.3) is 0 Å². The molecular weight excluding hydrogens is 262 g/mol. The average Bonchev–Trinajstić information content (AvgIpc) is 2.22. The van der Waals surface area contributed by atoms with E-state index in [1.165, 1.54) is 6.26 Å². The largest absolute Gasteiger partial charge is 0.297 e. The molecule has 0 heterocycles. The zero-order chi connectivity index (χ0) is 14.7. The van der Waals surface area contributed by atoms with Crippen molar-refractivity contribution in [3.8, 4) is 0 Å². The highest BCUT2D eigenvalue weighted by molar-refractivity contribution is 7.89. The molecule has 0 aliphatic rings. The summed E-state index contributed by atoms with van der Waals surface area (Å²) in [6.45, 7) is 6.12. The fourth-order valence-corrected chi connectivity index (χ4v) is 2.46. The van der Waals surface area contributed by atoms with E-state index in [1.807, 2.05) is 32.9 Å². The summed E-state index contributed by atoms with van der Waals surface area (Å²) in [5, 5.41) is 0. The van der Waals surface area contributed by atoms with Gasteiger partial charge < -0.3 is 0 Å². The molecule has 0 aromatic heterocycles. The van der Waals surface area contributed by atoms with Gasteiger partial charge in [-0.1, -0.05) is 26.8 Å². The third kappa shape index (κ3) is 5.34. The summed E-state index contributed by atoms with van der Waals surface area (Å²) in [6.07, 6.45) is 2.96. The van der Waals surface area contributed by atoms with Gasteiger partial charge >= 0.3 is 0 Å². The van der Waals surface area contributed by atoms with Gasteiger partial charge in [-0.3, -0.25) is 9.79 Å². The van der Waals surface area contributed by atoms with E-state index in [1.54, 1.807) is 6.07 Å². The monoisotopic (exact) mass is 281 g/mol. The van der Waals surface area contributed by atoms with E-state index in [0.29, 0.717) is 17.5 Å². The second-order valence-electron chi connectivity index (χ2n) is 5.62. The van der Waals surface area contributed by atoms with Gasteiger partial charge in [-0.05, 0) is 28.7 Å². The highest BCUT2D eigenvalue weighted by Gasteiger charge is 2.16. The van der Waals surface area contributed by atoms with Crippen molar-refractivity contribution in [2.45, 2.75) is 31.9 Å². The summed E-state index contributed by atoms with van der Waals surface area (Å²) < 4.78 is 22.8. The summed E-state index contributed by atoms with van der Waals surface area (Å²) >= 11 is 0.